The summed E-state index contributed by atoms with van der Waals surface area (Å²) >= 11 is 0. The molecule has 4 atom stereocenters. The number of alkyl halides is 2. The van der Waals surface area contributed by atoms with Crippen LogP contribution in [0.4, 0.5) is 18.4 Å². The zero-order valence-corrected chi connectivity index (χ0v) is 36.9. The number of fused-ring (bicyclic) bond motifs is 3. The summed E-state index contributed by atoms with van der Waals surface area (Å²) in [6, 6.07) is 18.4. The number of hydrogen-bond acceptors (Lipinski definition) is 8. The average Bonchev–Trinajstić information content (AvgIpc) is 4.11. The van der Waals surface area contributed by atoms with E-state index in [0.717, 1.165) is 56.1 Å². The molecule has 62 heavy (non-hydrogen) atoms. The molecular formula is C45H54F2N8O6Si. The fraction of sp³-hybridized carbons (Fsp3) is 0.467. The summed E-state index contributed by atoms with van der Waals surface area (Å²) in [7, 11) is 0.770. The van der Waals surface area contributed by atoms with Crippen molar-refractivity contribution < 1.29 is 37.4 Å². The summed E-state index contributed by atoms with van der Waals surface area (Å²) in [6.45, 7) is 6.52. The number of benzene rings is 3. The molecule has 4 amide bonds. The molecule has 5 heterocycles. The molecule has 3 aromatic carbocycles. The smallest absolute Gasteiger partial charge is 0.407 e. The van der Waals surface area contributed by atoms with Gasteiger partial charge in [0.1, 0.15) is 23.7 Å². The van der Waals surface area contributed by atoms with E-state index in [1.165, 1.54) is 39.1 Å². The number of rotatable bonds is 10. The van der Waals surface area contributed by atoms with Crippen molar-refractivity contribution in [3.63, 3.8) is 0 Å². The minimum Gasteiger partial charge on any atom is -0.453 e. The van der Waals surface area contributed by atoms with Crippen molar-refractivity contribution in [3.05, 3.63) is 72.4 Å². The molecule has 4 N–H and O–H groups in total. The third kappa shape index (κ3) is 8.25. The predicted octanol–water partition coefficient (Wildman–Crippen LogP) is 8.11. The Morgan fingerprint density at radius 1 is 0.790 bits per heavy atom. The first-order valence-corrected chi connectivity index (χ1v) is 24.2. The highest BCUT2D eigenvalue weighted by atomic mass is 28.3. The van der Waals surface area contributed by atoms with Gasteiger partial charge in [-0.2, -0.15) is 0 Å². The van der Waals surface area contributed by atoms with Gasteiger partial charge in [0.2, 0.25) is 11.8 Å². The van der Waals surface area contributed by atoms with Gasteiger partial charge < -0.3 is 39.9 Å². The minimum atomic E-state index is -3.14. The van der Waals surface area contributed by atoms with E-state index in [2.05, 4.69) is 36.4 Å². The van der Waals surface area contributed by atoms with Gasteiger partial charge in [0.25, 0.3) is 5.92 Å². The van der Waals surface area contributed by atoms with Crippen LogP contribution in [0.2, 0.25) is 18.1 Å². The van der Waals surface area contributed by atoms with Crippen molar-refractivity contribution in [1.82, 2.24) is 40.4 Å². The molecule has 0 unspecified atom stereocenters. The molecule has 17 heteroatoms. The van der Waals surface area contributed by atoms with Crippen molar-refractivity contribution in [1.29, 1.82) is 0 Å². The first kappa shape index (κ1) is 42.8. The first-order valence-electron chi connectivity index (χ1n) is 21.3. The van der Waals surface area contributed by atoms with Gasteiger partial charge in [-0.15, -0.1) is 0 Å². The molecule has 328 valence electrons. The van der Waals surface area contributed by atoms with Crippen LogP contribution in [-0.2, 0) is 19.1 Å². The van der Waals surface area contributed by atoms with Gasteiger partial charge in [-0.3, -0.25) is 9.59 Å². The molecule has 1 spiro atoms. The van der Waals surface area contributed by atoms with Crippen LogP contribution in [0.15, 0.2) is 60.8 Å². The van der Waals surface area contributed by atoms with Crippen LogP contribution in [0, 0.1) is 11.8 Å². The number of alkyl carbamates (subject to hydrolysis) is 2. The second-order valence-corrected chi connectivity index (χ2v) is 22.7. The lowest BCUT2D eigenvalue weighted by molar-refractivity contribution is -0.137. The zero-order chi connectivity index (χ0) is 44.1. The van der Waals surface area contributed by atoms with E-state index in [0.29, 0.717) is 11.0 Å². The van der Waals surface area contributed by atoms with E-state index in [4.69, 9.17) is 9.72 Å². The summed E-state index contributed by atoms with van der Waals surface area (Å²) in [5.41, 5.74) is 5.02. The molecule has 0 saturated carbocycles. The number of hydrogen-bond donors (Lipinski definition) is 4. The van der Waals surface area contributed by atoms with Gasteiger partial charge in [0, 0.05) is 18.0 Å². The molecule has 3 aliphatic rings. The molecule has 3 aliphatic heterocycles. The Hall–Kier alpha value is -5.84. The summed E-state index contributed by atoms with van der Waals surface area (Å²) in [5, 5.41) is 7.04. The first-order chi connectivity index (χ1) is 29.6. The van der Waals surface area contributed by atoms with Crippen LogP contribution >= 0.6 is 0 Å². The Bertz CT molecular complexity index is 2500. The van der Waals surface area contributed by atoms with Crippen molar-refractivity contribution in [3.8, 4) is 22.4 Å². The number of nitrogens with one attached hydrogen (secondary N) is 4. The van der Waals surface area contributed by atoms with Crippen molar-refractivity contribution in [2.45, 2.75) is 95.2 Å². The van der Waals surface area contributed by atoms with Crippen LogP contribution in [-0.4, -0.2) is 107 Å². The molecule has 14 nitrogen and oxygen atoms in total. The maximum atomic E-state index is 15.0. The Kier molecular flexibility index (Phi) is 11.6. The molecule has 5 aromatic rings. The maximum Gasteiger partial charge on any atom is 0.407 e. The van der Waals surface area contributed by atoms with E-state index >= 15 is 0 Å². The number of halogens is 2. The minimum absolute atomic E-state index is 0.0960. The summed E-state index contributed by atoms with van der Waals surface area (Å²) < 4.78 is 39.5. The average molecular weight is 869 g/mol. The van der Waals surface area contributed by atoms with Gasteiger partial charge in [-0.25, -0.2) is 28.3 Å². The normalized spacial score (nSPS) is 20.4. The SMILES string of the molecule is COC(=O)N[C@H](C(=O)N1C[Si]2(CCCC2)C[C@H]1c1ncc(-c2ccc(-c3ccc4c(ccc5nc([C@@H]6CC(F)(F)CN6C(=O)[C@@H](NC(=O)OC)C(C)C)[nH]c54)c3)cc2)[nH]1)C(C)C. The molecular weight excluding hydrogens is 815 g/mol. The van der Waals surface area contributed by atoms with Crippen LogP contribution in [0.25, 0.3) is 44.2 Å². The summed E-state index contributed by atoms with van der Waals surface area (Å²) in [4.78, 5) is 71.5. The van der Waals surface area contributed by atoms with Gasteiger partial charge in [0.05, 0.1) is 63.8 Å². The highest BCUT2D eigenvalue weighted by molar-refractivity contribution is 6.81. The maximum absolute atomic E-state index is 15.0. The number of H-pyrrole nitrogens is 2. The monoisotopic (exact) mass is 868 g/mol. The Balaban J connectivity index is 1.02. The lowest BCUT2D eigenvalue weighted by Crippen LogP contribution is -2.52. The molecule has 2 aromatic heterocycles. The summed E-state index contributed by atoms with van der Waals surface area (Å²) in [5.74, 6) is -3.35. The lowest BCUT2D eigenvalue weighted by atomic mass is 9.99. The standard InChI is InChI=1S/C45H54F2N8O6Si/c1-25(2)36(52-43(58)60-5)41(56)54-23-45(46,47)20-34(54)40-49-32-16-14-30-19-29(13-15-31(30)38(32)51-40)27-9-11-28(12-10-27)33-21-48-39(50-33)35-22-62(17-7-8-18-62)24-55(35)42(57)37(26(3)4)53-44(59)61-6/h9-16,19,21,25-26,34-37H,7-8,17-18,20,22-24H2,1-6H3,(H,48,50)(H,49,51)(H,52,58)(H,53,59)/t34-,35-,36-,37-/m0/s1. The van der Waals surface area contributed by atoms with Crippen LogP contribution in [0.5, 0.6) is 0 Å². The highest BCUT2D eigenvalue weighted by Gasteiger charge is 2.52. The number of imidazole rings is 2. The molecule has 0 radical (unpaired) electrons. The topological polar surface area (TPSA) is 175 Å². The number of methoxy groups -OCH3 is 2. The third-order valence-electron chi connectivity index (χ3n) is 13.0. The van der Waals surface area contributed by atoms with E-state index in [9.17, 15) is 28.0 Å². The van der Waals surface area contributed by atoms with Crippen molar-refractivity contribution in [2.24, 2.45) is 11.8 Å². The molecule has 3 fully saturated rings. The Morgan fingerprint density at radius 2 is 1.40 bits per heavy atom. The van der Waals surface area contributed by atoms with Gasteiger partial charge in [0.15, 0.2) is 0 Å². The molecule has 0 aliphatic carbocycles. The van der Waals surface area contributed by atoms with E-state index < -0.39 is 63.2 Å². The molecule has 0 bridgehead atoms. The van der Waals surface area contributed by atoms with Crippen molar-refractivity contribution >= 4 is 53.9 Å². The van der Waals surface area contributed by atoms with Gasteiger partial charge >= 0.3 is 12.2 Å². The van der Waals surface area contributed by atoms with E-state index in [1.807, 2.05) is 73.5 Å². The molecule has 8 rings (SSSR count). The zero-order valence-electron chi connectivity index (χ0n) is 35.9. The summed E-state index contributed by atoms with van der Waals surface area (Å²) in [6.07, 6.45) is 2.94. The van der Waals surface area contributed by atoms with Gasteiger partial charge in [-0.05, 0) is 52.1 Å². The Morgan fingerprint density at radius 3 is 2.03 bits per heavy atom. The third-order valence-corrected chi connectivity index (χ3v) is 18.1. The quantitative estimate of drug-likeness (QED) is 0.102. The fourth-order valence-corrected chi connectivity index (χ4v) is 15.2. The van der Waals surface area contributed by atoms with Crippen LogP contribution in [0.3, 0.4) is 0 Å². The number of ether oxygens (including phenoxy) is 2. The van der Waals surface area contributed by atoms with E-state index in [-0.39, 0.29) is 29.6 Å². The lowest BCUT2D eigenvalue weighted by Gasteiger charge is -2.30. The number of carbonyl (C=O) groups is 4. The Labute approximate surface area is 359 Å². The molecule has 3 saturated heterocycles. The number of nitrogens with zero attached hydrogens (tertiary/aromatic N) is 4. The largest absolute Gasteiger partial charge is 0.453 e. The van der Waals surface area contributed by atoms with Crippen LogP contribution in [0.1, 0.15) is 70.7 Å². The second kappa shape index (κ2) is 16.8. The van der Waals surface area contributed by atoms with Crippen LogP contribution < -0.4 is 10.6 Å². The van der Waals surface area contributed by atoms with Gasteiger partial charge in [-0.1, -0.05) is 95.1 Å². The van der Waals surface area contributed by atoms with Crippen molar-refractivity contribution in [2.75, 3.05) is 26.9 Å². The number of likely N-dealkylation sites (tertiary alicyclic amines) is 1. The second-order valence-electron chi connectivity index (χ2n) is 17.9. The fourth-order valence-electron chi connectivity index (χ4n) is 9.73. The number of aromatic nitrogens is 4. The number of carbonyl (C=O) groups excluding carboxylic acids is 4. The number of aromatic amines is 2. The van der Waals surface area contributed by atoms with E-state index in [1.54, 1.807) is 13.8 Å². The number of amides is 4. The highest BCUT2D eigenvalue weighted by Crippen LogP contribution is 2.47. The predicted molar refractivity (Wildman–Crippen MR) is 233 cm³/mol.